The maximum atomic E-state index is 13.2. The molecule has 0 aromatic heterocycles. The summed E-state index contributed by atoms with van der Waals surface area (Å²) in [6, 6.07) is 3.83. The Hall–Kier alpha value is -1.40. The molecule has 1 amide bonds. The third-order valence-electron chi connectivity index (χ3n) is 5.35. The van der Waals surface area contributed by atoms with Crippen molar-refractivity contribution >= 4 is 15.9 Å². The van der Waals surface area contributed by atoms with E-state index >= 15 is 0 Å². The van der Waals surface area contributed by atoms with Crippen molar-refractivity contribution in [3.8, 4) is 0 Å². The lowest BCUT2D eigenvalue weighted by atomic mass is 9.98. The van der Waals surface area contributed by atoms with Crippen molar-refractivity contribution in [1.29, 1.82) is 0 Å². The van der Waals surface area contributed by atoms with Gasteiger partial charge >= 0.3 is 0 Å². The van der Waals surface area contributed by atoms with E-state index in [0.29, 0.717) is 18.0 Å². The Kier molecular flexibility index (Phi) is 5.21. The first-order valence-corrected chi connectivity index (χ1v) is 10.6. The van der Waals surface area contributed by atoms with Crippen molar-refractivity contribution < 1.29 is 13.2 Å². The van der Waals surface area contributed by atoms with E-state index in [4.69, 9.17) is 0 Å². The van der Waals surface area contributed by atoms with Gasteiger partial charge in [-0.25, -0.2) is 8.42 Å². The van der Waals surface area contributed by atoms with E-state index in [1.54, 1.807) is 0 Å². The fourth-order valence-corrected chi connectivity index (χ4v) is 6.20. The zero-order valence-electron chi connectivity index (χ0n) is 15.4. The van der Waals surface area contributed by atoms with Gasteiger partial charge in [0.25, 0.3) is 0 Å². The highest BCUT2D eigenvalue weighted by Crippen LogP contribution is 2.29. The van der Waals surface area contributed by atoms with E-state index in [1.165, 1.54) is 4.31 Å². The molecule has 0 saturated carbocycles. The summed E-state index contributed by atoms with van der Waals surface area (Å²) in [4.78, 5) is 15.0. The number of nitrogens with zero attached hydrogens (tertiary/aromatic N) is 2. The molecule has 0 spiro atoms. The molecule has 3 rings (SSSR count). The van der Waals surface area contributed by atoms with Crippen LogP contribution in [0.1, 0.15) is 42.4 Å². The highest BCUT2D eigenvalue weighted by Gasteiger charge is 2.36. The molecule has 6 heteroatoms. The van der Waals surface area contributed by atoms with Crippen LogP contribution in [0.15, 0.2) is 17.0 Å². The quantitative estimate of drug-likeness (QED) is 0.828. The Bertz CT molecular complexity index is 744. The maximum absolute atomic E-state index is 13.2. The van der Waals surface area contributed by atoms with Gasteiger partial charge in [-0.15, -0.1) is 0 Å². The highest BCUT2D eigenvalue weighted by molar-refractivity contribution is 7.89. The van der Waals surface area contributed by atoms with Crippen LogP contribution in [-0.2, 0) is 14.8 Å². The van der Waals surface area contributed by atoms with Crippen LogP contribution >= 0.6 is 0 Å². The van der Waals surface area contributed by atoms with E-state index in [2.05, 4.69) is 0 Å². The number of piperidine rings is 1. The molecule has 2 saturated heterocycles. The second-order valence-electron chi connectivity index (χ2n) is 7.46. The van der Waals surface area contributed by atoms with Crippen LogP contribution in [0.2, 0.25) is 0 Å². The third-order valence-corrected chi connectivity index (χ3v) is 7.52. The number of likely N-dealkylation sites (tertiary alicyclic amines) is 1. The van der Waals surface area contributed by atoms with Crippen molar-refractivity contribution in [3.63, 3.8) is 0 Å². The van der Waals surface area contributed by atoms with Crippen molar-refractivity contribution in [2.75, 3.05) is 26.2 Å². The number of carbonyl (C=O) groups excluding carboxylic acids is 1. The normalized spacial score (nSPS) is 22.4. The summed E-state index contributed by atoms with van der Waals surface area (Å²) in [6.07, 6.45) is 3.64. The number of rotatable bonds is 3. The van der Waals surface area contributed by atoms with Gasteiger partial charge in [-0.1, -0.05) is 17.7 Å². The number of sulfonamides is 1. The molecule has 0 radical (unpaired) electrons. The molecule has 2 aliphatic rings. The number of amides is 1. The zero-order valence-corrected chi connectivity index (χ0v) is 16.2. The summed E-state index contributed by atoms with van der Waals surface area (Å²) in [5.74, 6) is -0.0672. The molecule has 0 aliphatic carbocycles. The monoisotopic (exact) mass is 364 g/mol. The Morgan fingerprint density at radius 3 is 2.20 bits per heavy atom. The van der Waals surface area contributed by atoms with E-state index in [9.17, 15) is 13.2 Å². The van der Waals surface area contributed by atoms with Crippen molar-refractivity contribution in [3.05, 3.63) is 28.8 Å². The van der Waals surface area contributed by atoms with Crippen LogP contribution in [0.4, 0.5) is 0 Å². The summed E-state index contributed by atoms with van der Waals surface area (Å²) in [7, 11) is -3.57. The lowest BCUT2D eigenvalue weighted by Gasteiger charge is -2.33. The van der Waals surface area contributed by atoms with Gasteiger partial charge in [0.2, 0.25) is 15.9 Å². The van der Waals surface area contributed by atoms with Crippen LogP contribution in [0.5, 0.6) is 0 Å². The fourth-order valence-electron chi connectivity index (χ4n) is 4.26. The highest BCUT2D eigenvalue weighted by atomic mass is 32.2. The Morgan fingerprint density at radius 2 is 1.60 bits per heavy atom. The van der Waals surface area contributed by atoms with Crippen molar-refractivity contribution in [2.45, 2.75) is 51.3 Å². The maximum Gasteiger partial charge on any atom is 0.243 e. The molecule has 138 valence electrons. The van der Waals surface area contributed by atoms with Gasteiger partial charge in [-0.05, 0) is 57.6 Å². The van der Waals surface area contributed by atoms with Crippen LogP contribution in [0.25, 0.3) is 0 Å². The molecular weight excluding hydrogens is 336 g/mol. The second-order valence-corrected chi connectivity index (χ2v) is 9.34. The van der Waals surface area contributed by atoms with Gasteiger partial charge in [0, 0.05) is 26.2 Å². The number of carbonyl (C=O) groups is 1. The molecule has 1 aromatic rings. The predicted molar refractivity (Wildman–Crippen MR) is 97.9 cm³/mol. The first kappa shape index (κ1) is 18.4. The summed E-state index contributed by atoms with van der Waals surface area (Å²) in [6.45, 7) is 8.12. The molecule has 1 atom stereocenters. The van der Waals surface area contributed by atoms with Gasteiger partial charge in [-0.3, -0.25) is 4.79 Å². The number of hydrogen-bond donors (Lipinski definition) is 0. The minimum Gasteiger partial charge on any atom is -0.342 e. The lowest BCUT2D eigenvalue weighted by molar-refractivity contribution is -0.135. The molecule has 2 heterocycles. The SMILES string of the molecule is Cc1cc(C)c(S(=O)(=O)N2CCC[C@@H](C(=O)N3CCCC3)C2)c(C)c1. The Balaban J connectivity index is 1.84. The van der Waals surface area contributed by atoms with E-state index in [0.717, 1.165) is 55.5 Å². The third kappa shape index (κ3) is 3.60. The Morgan fingerprint density at radius 1 is 1.00 bits per heavy atom. The summed E-state index contributed by atoms with van der Waals surface area (Å²) >= 11 is 0. The average molecular weight is 365 g/mol. The molecule has 2 fully saturated rings. The molecule has 0 N–H and O–H groups in total. The predicted octanol–water partition coefficient (Wildman–Crippen LogP) is 2.63. The van der Waals surface area contributed by atoms with Crippen molar-refractivity contribution in [2.24, 2.45) is 5.92 Å². The lowest BCUT2D eigenvalue weighted by Crippen LogP contribution is -2.46. The van der Waals surface area contributed by atoms with Gasteiger partial charge < -0.3 is 4.90 Å². The van der Waals surface area contributed by atoms with Crippen LogP contribution in [0, 0.1) is 26.7 Å². The Labute approximate surface area is 151 Å². The van der Waals surface area contributed by atoms with Gasteiger partial charge in [0.15, 0.2) is 0 Å². The topological polar surface area (TPSA) is 57.7 Å². The first-order valence-electron chi connectivity index (χ1n) is 9.17. The number of benzene rings is 1. The fraction of sp³-hybridized carbons (Fsp3) is 0.632. The van der Waals surface area contributed by atoms with E-state index in [1.807, 2.05) is 37.8 Å². The minimum absolute atomic E-state index is 0.134. The van der Waals surface area contributed by atoms with Gasteiger partial charge in [0.05, 0.1) is 10.8 Å². The van der Waals surface area contributed by atoms with Gasteiger partial charge in [0.1, 0.15) is 0 Å². The van der Waals surface area contributed by atoms with Crippen molar-refractivity contribution in [1.82, 2.24) is 9.21 Å². The molecule has 25 heavy (non-hydrogen) atoms. The molecule has 5 nitrogen and oxygen atoms in total. The van der Waals surface area contributed by atoms with E-state index < -0.39 is 10.0 Å². The van der Waals surface area contributed by atoms with E-state index in [-0.39, 0.29) is 11.8 Å². The summed E-state index contributed by atoms with van der Waals surface area (Å²) in [5, 5.41) is 0. The number of aryl methyl sites for hydroxylation is 3. The van der Waals surface area contributed by atoms with Crippen LogP contribution < -0.4 is 0 Å². The smallest absolute Gasteiger partial charge is 0.243 e. The number of hydrogen-bond acceptors (Lipinski definition) is 3. The second kappa shape index (κ2) is 7.08. The standard InChI is InChI=1S/C19H28N2O3S/c1-14-11-15(2)18(16(3)12-14)25(23,24)21-10-6-7-17(13-21)19(22)20-8-4-5-9-20/h11-12,17H,4-10,13H2,1-3H3/t17-/m1/s1. The zero-order chi connectivity index (χ0) is 18.2. The average Bonchev–Trinajstić information content (AvgIpc) is 3.07. The molecule has 1 aromatic carbocycles. The van der Waals surface area contributed by atoms with Crippen LogP contribution in [0.3, 0.4) is 0 Å². The molecule has 2 aliphatic heterocycles. The van der Waals surface area contributed by atoms with Gasteiger partial charge in [-0.2, -0.15) is 4.31 Å². The first-order chi connectivity index (χ1) is 11.8. The largest absolute Gasteiger partial charge is 0.342 e. The summed E-state index contributed by atoms with van der Waals surface area (Å²) in [5.41, 5.74) is 2.63. The van der Waals surface area contributed by atoms with Crippen LogP contribution in [-0.4, -0.2) is 49.7 Å². The summed E-state index contributed by atoms with van der Waals surface area (Å²) < 4.78 is 28.0. The molecule has 0 unspecified atom stereocenters. The minimum atomic E-state index is -3.57. The molecule has 0 bridgehead atoms. The molecular formula is C19H28N2O3S.